The molecule has 1 rings (SSSR count). The Kier molecular flexibility index (Phi) is 4.92. The van der Waals surface area contributed by atoms with Crippen LogP contribution < -0.4 is 4.74 Å². The van der Waals surface area contributed by atoms with E-state index in [1.807, 2.05) is 0 Å². The average molecular weight is 244 g/mol. The second-order valence-electron chi connectivity index (χ2n) is 3.46. The van der Waals surface area contributed by atoms with E-state index in [2.05, 4.69) is 12.6 Å². The van der Waals surface area contributed by atoms with Gasteiger partial charge in [0.1, 0.15) is 6.10 Å². The van der Waals surface area contributed by atoms with Gasteiger partial charge in [-0.15, -0.1) is 0 Å². The van der Waals surface area contributed by atoms with Gasteiger partial charge < -0.3 is 20.1 Å². The summed E-state index contributed by atoms with van der Waals surface area (Å²) in [6.45, 7) is 0. The van der Waals surface area contributed by atoms with Gasteiger partial charge >= 0.3 is 0 Å². The zero-order chi connectivity index (χ0) is 12.1. The number of methoxy groups -OCH3 is 1. The minimum Gasteiger partial charge on any atom is -0.504 e. The van der Waals surface area contributed by atoms with E-state index >= 15 is 0 Å². The van der Waals surface area contributed by atoms with E-state index in [4.69, 9.17) is 4.74 Å². The van der Waals surface area contributed by atoms with Crippen LogP contribution in [0.15, 0.2) is 18.2 Å². The van der Waals surface area contributed by atoms with Crippen molar-refractivity contribution in [2.75, 3.05) is 12.9 Å². The topological polar surface area (TPSA) is 69.9 Å². The number of rotatable bonds is 5. The number of phenolic OH excluding ortho intramolecular Hbond substituents is 1. The fraction of sp³-hybridized carbons (Fsp3) is 0.455. The van der Waals surface area contributed by atoms with E-state index in [1.165, 1.54) is 13.2 Å². The van der Waals surface area contributed by atoms with Gasteiger partial charge in [0.25, 0.3) is 0 Å². The first-order chi connectivity index (χ1) is 7.60. The minimum absolute atomic E-state index is 0.0582. The van der Waals surface area contributed by atoms with Crippen molar-refractivity contribution in [3.63, 3.8) is 0 Å². The third-order valence-corrected chi connectivity index (χ3v) is 2.59. The molecule has 1 aromatic carbocycles. The molecule has 5 heteroatoms. The Morgan fingerprint density at radius 1 is 1.38 bits per heavy atom. The smallest absolute Gasteiger partial charge is 0.160 e. The first kappa shape index (κ1) is 13.2. The van der Waals surface area contributed by atoms with Crippen LogP contribution in [0.25, 0.3) is 0 Å². The fourth-order valence-corrected chi connectivity index (χ4v) is 1.67. The molecule has 0 saturated heterocycles. The SMILES string of the molecule is COc1ccc(C(O)C(O)CCS)cc1O. The predicted molar refractivity (Wildman–Crippen MR) is 64.1 cm³/mol. The van der Waals surface area contributed by atoms with Gasteiger partial charge in [-0.1, -0.05) is 6.07 Å². The molecule has 0 heterocycles. The molecule has 0 aliphatic carbocycles. The summed E-state index contributed by atoms with van der Waals surface area (Å²) in [5.41, 5.74) is 0.451. The van der Waals surface area contributed by atoms with Crippen LogP contribution in [0.1, 0.15) is 18.1 Å². The first-order valence-electron chi connectivity index (χ1n) is 4.94. The molecule has 16 heavy (non-hydrogen) atoms. The lowest BCUT2D eigenvalue weighted by molar-refractivity contribution is 0.0171. The summed E-state index contributed by atoms with van der Waals surface area (Å²) in [5, 5.41) is 28.9. The molecule has 0 saturated carbocycles. The van der Waals surface area contributed by atoms with Gasteiger partial charge in [-0.2, -0.15) is 12.6 Å². The number of aromatic hydroxyl groups is 1. The first-order valence-corrected chi connectivity index (χ1v) is 5.57. The number of aliphatic hydroxyl groups excluding tert-OH is 2. The van der Waals surface area contributed by atoms with Gasteiger partial charge in [0.15, 0.2) is 11.5 Å². The number of aliphatic hydroxyl groups is 2. The largest absolute Gasteiger partial charge is 0.504 e. The van der Waals surface area contributed by atoms with E-state index in [0.29, 0.717) is 23.5 Å². The predicted octanol–water partition coefficient (Wildman–Crippen LogP) is 1.11. The monoisotopic (exact) mass is 244 g/mol. The Labute approximate surface area is 99.9 Å². The van der Waals surface area contributed by atoms with Crippen molar-refractivity contribution >= 4 is 12.6 Å². The molecule has 2 atom stereocenters. The number of ether oxygens (including phenoxy) is 1. The highest BCUT2D eigenvalue weighted by molar-refractivity contribution is 7.80. The lowest BCUT2D eigenvalue weighted by Gasteiger charge is -2.18. The average Bonchev–Trinajstić information content (AvgIpc) is 2.28. The molecule has 3 N–H and O–H groups in total. The minimum atomic E-state index is -1.02. The van der Waals surface area contributed by atoms with E-state index in [1.54, 1.807) is 12.1 Å². The molecular formula is C11H16O4S. The van der Waals surface area contributed by atoms with Crippen LogP contribution in [0.4, 0.5) is 0 Å². The van der Waals surface area contributed by atoms with Crippen LogP contribution in [-0.4, -0.2) is 34.3 Å². The normalized spacial score (nSPS) is 14.5. The lowest BCUT2D eigenvalue weighted by atomic mass is 10.0. The van der Waals surface area contributed by atoms with Gasteiger partial charge in [0.05, 0.1) is 13.2 Å². The van der Waals surface area contributed by atoms with E-state index in [9.17, 15) is 15.3 Å². The van der Waals surface area contributed by atoms with Crippen LogP contribution in [-0.2, 0) is 0 Å². The highest BCUT2D eigenvalue weighted by Gasteiger charge is 2.18. The van der Waals surface area contributed by atoms with Crippen molar-refractivity contribution in [2.24, 2.45) is 0 Å². The Bertz CT molecular complexity index is 343. The van der Waals surface area contributed by atoms with Crippen molar-refractivity contribution in [1.29, 1.82) is 0 Å². The van der Waals surface area contributed by atoms with Crippen LogP contribution >= 0.6 is 12.6 Å². The van der Waals surface area contributed by atoms with Crippen LogP contribution in [0.5, 0.6) is 11.5 Å². The third kappa shape index (κ3) is 3.04. The van der Waals surface area contributed by atoms with Crippen molar-refractivity contribution in [1.82, 2.24) is 0 Å². The molecule has 0 aliphatic rings. The summed E-state index contributed by atoms with van der Waals surface area (Å²) >= 11 is 3.98. The van der Waals surface area contributed by atoms with Crippen molar-refractivity contribution in [3.8, 4) is 11.5 Å². The van der Waals surface area contributed by atoms with Crippen molar-refractivity contribution in [3.05, 3.63) is 23.8 Å². The fourth-order valence-electron chi connectivity index (χ4n) is 1.40. The molecule has 0 fully saturated rings. The van der Waals surface area contributed by atoms with Gasteiger partial charge in [0, 0.05) is 0 Å². The van der Waals surface area contributed by atoms with Gasteiger partial charge in [-0.25, -0.2) is 0 Å². The summed E-state index contributed by atoms with van der Waals surface area (Å²) in [7, 11) is 1.45. The molecular weight excluding hydrogens is 228 g/mol. The molecule has 1 aromatic rings. The zero-order valence-electron chi connectivity index (χ0n) is 9.00. The number of benzene rings is 1. The molecule has 90 valence electrons. The molecule has 0 radical (unpaired) electrons. The Morgan fingerprint density at radius 2 is 2.06 bits per heavy atom. The summed E-state index contributed by atoms with van der Waals surface area (Å²) in [6.07, 6.45) is -1.52. The maximum absolute atomic E-state index is 9.77. The van der Waals surface area contributed by atoms with E-state index < -0.39 is 12.2 Å². The molecule has 0 amide bonds. The van der Waals surface area contributed by atoms with E-state index in [0.717, 1.165) is 0 Å². The highest BCUT2D eigenvalue weighted by atomic mass is 32.1. The number of hydrogen-bond donors (Lipinski definition) is 4. The summed E-state index contributed by atoms with van der Waals surface area (Å²) in [4.78, 5) is 0. The van der Waals surface area contributed by atoms with E-state index in [-0.39, 0.29) is 5.75 Å². The molecule has 0 aromatic heterocycles. The Hall–Kier alpha value is -0.910. The maximum Gasteiger partial charge on any atom is 0.160 e. The third-order valence-electron chi connectivity index (χ3n) is 2.33. The summed E-state index contributed by atoms with van der Waals surface area (Å²) in [5.74, 6) is 0.761. The van der Waals surface area contributed by atoms with Crippen molar-refractivity contribution < 1.29 is 20.1 Å². The quantitative estimate of drug-likeness (QED) is 0.586. The Morgan fingerprint density at radius 3 is 2.56 bits per heavy atom. The summed E-state index contributed by atoms with van der Waals surface area (Å²) < 4.78 is 4.88. The molecule has 0 spiro atoms. The van der Waals surface area contributed by atoms with Gasteiger partial charge in [-0.05, 0) is 29.9 Å². The molecule has 2 unspecified atom stereocenters. The van der Waals surface area contributed by atoms with Crippen LogP contribution in [0, 0.1) is 0 Å². The second-order valence-corrected chi connectivity index (χ2v) is 3.90. The van der Waals surface area contributed by atoms with Gasteiger partial charge in [0.2, 0.25) is 0 Å². The maximum atomic E-state index is 9.77. The summed E-state index contributed by atoms with van der Waals surface area (Å²) in [6, 6.07) is 4.53. The van der Waals surface area contributed by atoms with Gasteiger partial charge in [-0.3, -0.25) is 0 Å². The molecule has 4 nitrogen and oxygen atoms in total. The van der Waals surface area contributed by atoms with Crippen molar-refractivity contribution in [2.45, 2.75) is 18.6 Å². The van der Waals surface area contributed by atoms with Crippen LogP contribution in [0.2, 0.25) is 0 Å². The standard InChI is InChI=1S/C11H16O4S/c1-15-10-3-2-7(6-9(10)13)11(14)8(12)4-5-16/h2-3,6,8,11-14,16H,4-5H2,1H3. The lowest BCUT2D eigenvalue weighted by Crippen LogP contribution is -2.18. The number of hydrogen-bond acceptors (Lipinski definition) is 5. The second kappa shape index (κ2) is 5.98. The Balaban J connectivity index is 2.84. The highest BCUT2D eigenvalue weighted by Crippen LogP contribution is 2.30. The molecule has 0 bridgehead atoms. The van der Waals surface area contributed by atoms with Crippen LogP contribution in [0.3, 0.4) is 0 Å². The molecule has 0 aliphatic heterocycles. The number of phenols is 1. The zero-order valence-corrected chi connectivity index (χ0v) is 9.89. The number of thiol groups is 1.